The number of aliphatic hydroxyl groups excluding tert-OH is 1. The first-order valence-electron chi connectivity index (χ1n) is 7.15. The van der Waals surface area contributed by atoms with Gasteiger partial charge in [-0.05, 0) is 43.0 Å². The minimum absolute atomic E-state index is 0.0511. The van der Waals surface area contributed by atoms with Gasteiger partial charge in [0.05, 0.1) is 17.9 Å². The Morgan fingerprint density at radius 2 is 2.30 bits per heavy atom. The van der Waals surface area contributed by atoms with Gasteiger partial charge in [-0.3, -0.25) is 4.79 Å². The molecule has 1 amide bonds. The van der Waals surface area contributed by atoms with Crippen LogP contribution in [0.25, 0.3) is 0 Å². The van der Waals surface area contributed by atoms with Gasteiger partial charge >= 0.3 is 0 Å². The molecule has 1 saturated carbocycles. The number of aliphatic hydroxyl groups is 1. The Hall–Kier alpha value is -0.520. The molecule has 0 unspecified atom stereocenters. The molecule has 0 spiro atoms. The van der Waals surface area contributed by atoms with E-state index in [1.54, 1.807) is 23.1 Å². The molecule has 1 fully saturated rings. The Morgan fingerprint density at radius 1 is 1.55 bits per heavy atom. The second-order valence-electron chi connectivity index (χ2n) is 5.74. The molecule has 2 N–H and O–H groups in total. The van der Waals surface area contributed by atoms with E-state index in [4.69, 9.17) is 0 Å². The van der Waals surface area contributed by atoms with Crippen LogP contribution >= 0.6 is 23.1 Å². The Labute approximate surface area is 129 Å². The van der Waals surface area contributed by atoms with Gasteiger partial charge in [0.25, 0.3) is 0 Å². The number of hydrogen-bond donors (Lipinski definition) is 2. The van der Waals surface area contributed by atoms with Crippen molar-refractivity contribution in [3.05, 3.63) is 22.4 Å². The molecule has 1 heterocycles. The third-order valence-corrected chi connectivity index (χ3v) is 6.04. The van der Waals surface area contributed by atoms with Gasteiger partial charge in [-0.15, -0.1) is 23.1 Å². The minimum atomic E-state index is -0.368. The largest absolute Gasteiger partial charge is 0.394 e. The second-order valence-corrected chi connectivity index (χ2v) is 7.76. The number of hydrogen-bond acceptors (Lipinski definition) is 4. The van der Waals surface area contributed by atoms with Crippen molar-refractivity contribution >= 4 is 29.0 Å². The number of amides is 1. The van der Waals surface area contributed by atoms with E-state index in [9.17, 15) is 9.90 Å². The number of carbonyl (C=O) groups excluding carboxylic acids is 1. The van der Waals surface area contributed by atoms with E-state index in [1.165, 1.54) is 4.88 Å². The van der Waals surface area contributed by atoms with Crippen LogP contribution in [0.4, 0.5) is 0 Å². The van der Waals surface area contributed by atoms with E-state index >= 15 is 0 Å². The van der Waals surface area contributed by atoms with E-state index < -0.39 is 0 Å². The van der Waals surface area contributed by atoms with E-state index in [1.807, 2.05) is 6.07 Å². The van der Waals surface area contributed by atoms with Crippen LogP contribution in [0.2, 0.25) is 0 Å². The van der Waals surface area contributed by atoms with Crippen molar-refractivity contribution in [3.8, 4) is 0 Å². The van der Waals surface area contributed by atoms with Crippen LogP contribution in [-0.4, -0.2) is 28.9 Å². The van der Waals surface area contributed by atoms with Crippen molar-refractivity contribution in [1.82, 2.24) is 5.32 Å². The summed E-state index contributed by atoms with van der Waals surface area (Å²) in [5, 5.41) is 14.8. The third kappa shape index (κ3) is 4.50. The van der Waals surface area contributed by atoms with Crippen LogP contribution in [0.5, 0.6) is 0 Å². The Bertz CT molecular complexity index is 412. The van der Waals surface area contributed by atoms with E-state index in [2.05, 4.69) is 23.7 Å². The van der Waals surface area contributed by atoms with Crippen LogP contribution in [0.1, 0.15) is 37.5 Å². The van der Waals surface area contributed by atoms with Crippen molar-refractivity contribution in [1.29, 1.82) is 0 Å². The molecule has 5 heteroatoms. The highest BCUT2D eigenvalue weighted by Gasteiger charge is 2.34. The molecule has 0 aliphatic heterocycles. The molecule has 2 rings (SSSR count). The topological polar surface area (TPSA) is 49.3 Å². The zero-order chi connectivity index (χ0) is 14.4. The first-order valence-corrected chi connectivity index (χ1v) is 9.19. The molecular formula is C15H23NO2S2. The summed E-state index contributed by atoms with van der Waals surface area (Å²) in [7, 11) is 0. The van der Waals surface area contributed by atoms with Crippen LogP contribution in [0, 0.1) is 5.92 Å². The lowest BCUT2D eigenvalue weighted by atomic mass is 9.77. The van der Waals surface area contributed by atoms with Crippen molar-refractivity contribution in [2.75, 3.05) is 12.4 Å². The highest BCUT2D eigenvalue weighted by atomic mass is 32.2. The van der Waals surface area contributed by atoms with Gasteiger partial charge in [-0.25, -0.2) is 0 Å². The van der Waals surface area contributed by atoms with E-state index in [0.29, 0.717) is 11.7 Å². The summed E-state index contributed by atoms with van der Waals surface area (Å²) in [6.45, 7) is 2.29. The summed E-state index contributed by atoms with van der Waals surface area (Å²) in [6, 6.07) is 4.12. The molecule has 1 aliphatic rings. The fourth-order valence-corrected chi connectivity index (χ4v) is 4.28. The average molecular weight is 313 g/mol. The SMILES string of the molecule is CC1CCC(CO)(NC(=O)CSCc2cccs2)CC1. The summed E-state index contributed by atoms with van der Waals surface area (Å²) in [6.07, 6.45) is 3.96. The number of thiophene rings is 1. The lowest BCUT2D eigenvalue weighted by Crippen LogP contribution is -2.53. The van der Waals surface area contributed by atoms with Gasteiger partial charge in [-0.1, -0.05) is 13.0 Å². The fourth-order valence-electron chi connectivity index (χ4n) is 2.61. The maximum Gasteiger partial charge on any atom is 0.230 e. The smallest absolute Gasteiger partial charge is 0.230 e. The Kier molecular flexibility index (Phi) is 5.93. The molecule has 1 aromatic heterocycles. The predicted octanol–water partition coefficient (Wildman–Crippen LogP) is 3.04. The average Bonchev–Trinajstić information content (AvgIpc) is 2.95. The van der Waals surface area contributed by atoms with Crippen molar-refractivity contribution in [2.24, 2.45) is 5.92 Å². The molecule has 1 aromatic rings. The summed E-state index contributed by atoms with van der Waals surface area (Å²) in [5.41, 5.74) is -0.368. The number of carbonyl (C=O) groups is 1. The van der Waals surface area contributed by atoms with Crippen molar-refractivity contribution in [3.63, 3.8) is 0 Å². The normalized spacial score (nSPS) is 26.4. The zero-order valence-corrected chi connectivity index (χ0v) is 13.6. The molecule has 1 aliphatic carbocycles. The van der Waals surface area contributed by atoms with Gasteiger partial charge in [0.1, 0.15) is 0 Å². The first kappa shape index (κ1) is 15.9. The van der Waals surface area contributed by atoms with Gasteiger partial charge in [0, 0.05) is 10.6 Å². The molecule has 112 valence electrons. The minimum Gasteiger partial charge on any atom is -0.394 e. The molecule has 0 saturated heterocycles. The zero-order valence-electron chi connectivity index (χ0n) is 11.9. The van der Waals surface area contributed by atoms with Gasteiger partial charge in [-0.2, -0.15) is 0 Å². The lowest BCUT2D eigenvalue weighted by Gasteiger charge is -2.38. The Morgan fingerprint density at radius 3 is 2.90 bits per heavy atom. The number of nitrogens with one attached hydrogen (secondary N) is 1. The van der Waals surface area contributed by atoms with Crippen LogP contribution < -0.4 is 5.32 Å². The highest BCUT2D eigenvalue weighted by Crippen LogP contribution is 2.31. The van der Waals surface area contributed by atoms with Gasteiger partial charge in [0.2, 0.25) is 5.91 Å². The predicted molar refractivity (Wildman–Crippen MR) is 86.1 cm³/mol. The van der Waals surface area contributed by atoms with Crippen LogP contribution in [0.3, 0.4) is 0 Å². The molecule has 20 heavy (non-hydrogen) atoms. The number of rotatable bonds is 6. The molecule has 3 nitrogen and oxygen atoms in total. The van der Waals surface area contributed by atoms with Crippen molar-refractivity contribution in [2.45, 2.75) is 43.9 Å². The standard InChI is InChI=1S/C15H23NO2S2/c1-12-4-6-15(11-17,7-5-12)16-14(18)10-19-9-13-3-2-8-20-13/h2-3,8,12,17H,4-7,9-11H2,1H3,(H,16,18). The van der Waals surface area contributed by atoms with Gasteiger partial charge in [0.15, 0.2) is 0 Å². The molecule has 0 aromatic carbocycles. The van der Waals surface area contributed by atoms with Gasteiger partial charge < -0.3 is 10.4 Å². The van der Waals surface area contributed by atoms with E-state index in [-0.39, 0.29) is 18.1 Å². The van der Waals surface area contributed by atoms with E-state index in [0.717, 1.165) is 31.4 Å². The lowest BCUT2D eigenvalue weighted by molar-refractivity contribution is -0.121. The van der Waals surface area contributed by atoms with Crippen LogP contribution in [0.15, 0.2) is 17.5 Å². The third-order valence-electron chi connectivity index (χ3n) is 4.00. The maximum atomic E-state index is 12.0. The first-order chi connectivity index (χ1) is 9.63. The number of thioether (sulfide) groups is 1. The monoisotopic (exact) mass is 313 g/mol. The maximum absolute atomic E-state index is 12.0. The molecule has 0 atom stereocenters. The Balaban J connectivity index is 1.74. The van der Waals surface area contributed by atoms with Crippen molar-refractivity contribution < 1.29 is 9.90 Å². The molecule has 0 bridgehead atoms. The molecule has 0 radical (unpaired) electrons. The summed E-state index contributed by atoms with van der Waals surface area (Å²) < 4.78 is 0. The summed E-state index contributed by atoms with van der Waals surface area (Å²) >= 11 is 3.36. The van der Waals surface area contributed by atoms with Crippen LogP contribution in [-0.2, 0) is 10.5 Å². The summed E-state index contributed by atoms with van der Waals surface area (Å²) in [5.74, 6) is 2.11. The molecular weight excluding hydrogens is 290 g/mol. The highest BCUT2D eigenvalue weighted by molar-refractivity contribution is 7.99. The summed E-state index contributed by atoms with van der Waals surface area (Å²) in [4.78, 5) is 13.3. The second kappa shape index (κ2) is 7.48. The fraction of sp³-hybridized carbons (Fsp3) is 0.667. The quantitative estimate of drug-likeness (QED) is 0.848.